The number of fused-ring (bicyclic) bond motifs is 6. The van der Waals surface area contributed by atoms with Crippen LogP contribution in [0.3, 0.4) is 0 Å². The lowest BCUT2D eigenvalue weighted by atomic mass is 9.95. The molecule has 0 unspecified atom stereocenters. The maximum absolute atomic E-state index is 6.82. The van der Waals surface area contributed by atoms with E-state index < -0.39 is 0 Å². The summed E-state index contributed by atoms with van der Waals surface area (Å²) in [6.45, 7) is 6.69. The number of anilines is 3. The van der Waals surface area contributed by atoms with E-state index in [0.717, 1.165) is 55.8 Å². The minimum atomic E-state index is 0.873. The first-order chi connectivity index (χ1) is 29.5. The molecule has 0 bridgehead atoms. The summed E-state index contributed by atoms with van der Waals surface area (Å²) in [4.78, 5) is 2.44. The largest absolute Gasteiger partial charge is 0.455 e. The van der Waals surface area contributed by atoms with Crippen molar-refractivity contribution in [3.63, 3.8) is 0 Å². The van der Waals surface area contributed by atoms with Gasteiger partial charge in [-0.15, -0.1) is 0 Å². The van der Waals surface area contributed by atoms with Gasteiger partial charge in [-0.05, 0) is 132 Å². The van der Waals surface area contributed by atoms with E-state index in [1.807, 2.05) is 0 Å². The Kier molecular flexibility index (Phi) is 8.49. The normalized spacial score (nSPS) is 11.6. The number of hydrogen-bond acceptors (Lipinski definition) is 2. The fourth-order valence-corrected chi connectivity index (χ4v) is 9.29. The van der Waals surface area contributed by atoms with Crippen molar-refractivity contribution in [1.29, 1.82) is 0 Å². The molecule has 0 atom stereocenters. The van der Waals surface area contributed by atoms with Gasteiger partial charge in [0.2, 0.25) is 0 Å². The van der Waals surface area contributed by atoms with Crippen LogP contribution in [0.5, 0.6) is 0 Å². The van der Waals surface area contributed by atoms with E-state index in [1.54, 1.807) is 0 Å². The molecule has 0 aliphatic heterocycles. The molecule has 0 aliphatic carbocycles. The predicted molar refractivity (Wildman–Crippen MR) is 253 cm³/mol. The molecule has 2 heterocycles. The van der Waals surface area contributed by atoms with Crippen molar-refractivity contribution in [3.05, 3.63) is 217 Å². The van der Waals surface area contributed by atoms with Gasteiger partial charge in [-0.1, -0.05) is 133 Å². The molecule has 9 aromatic carbocycles. The van der Waals surface area contributed by atoms with Gasteiger partial charge >= 0.3 is 0 Å². The van der Waals surface area contributed by atoms with Gasteiger partial charge in [-0.3, -0.25) is 0 Å². The number of aromatic nitrogens is 1. The lowest BCUT2D eigenvalue weighted by Crippen LogP contribution is -2.12. The van der Waals surface area contributed by atoms with Crippen molar-refractivity contribution in [2.45, 2.75) is 20.8 Å². The van der Waals surface area contributed by atoms with Crippen LogP contribution in [0.15, 0.2) is 205 Å². The lowest BCUT2D eigenvalue weighted by molar-refractivity contribution is 0.670. The van der Waals surface area contributed by atoms with Crippen LogP contribution in [-0.4, -0.2) is 4.57 Å². The Morgan fingerprint density at radius 2 is 0.983 bits per heavy atom. The summed E-state index contributed by atoms with van der Waals surface area (Å²) in [6, 6.07) is 72.3. The standard InChI is InChI=1S/C57H42N2O/c1-37-31-44(29-30-46(37)40-17-6-4-7-18-40)58(55-33-38(2)50(32-39(55)3)41-19-8-5-9-20-41)45-35-51(57-52(36-45)49-25-12-15-28-56(49)60-57)42-21-16-22-43(34-42)59-53-26-13-10-23-47(53)48-24-11-14-27-54(48)59/h4-36H,1-3H3. The zero-order valence-corrected chi connectivity index (χ0v) is 33.9. The van der Waals surface area contributed by atoms with E-state index in [2.05, 4.69) is 230 Å². The molecular weight excluding hydrogens is 729 g/mol. The fraction of sp³-hybridized carbons (Fsp3) is 0.0526. The molecule has 0 radical (unpaired) electrons. The number of benzene rings is 9. The fourth-order valence-electron chi connectivity index (χ4n) is 9.29. The number of furan rings is 1. The zero-order chi connectivity index (χ0) is 40.3. The minimum Gasteiger partial charge on any atom is -0.455 e. The average Bonchev–Trinajstić information content (AvgIpc) is 3.84. The van der Waals surface area contributed by atoms with Gasteiger partial charge < -0.3 is 13.9 Å². The summed E-state index contributed by atoms with van der Waals surface area (Å²) in [7, 11) is 0. The smallest absolute Gasteiger partial charge is 0.143 e. The zero-order valence-electron chi connectivity index (χ0n) is 33.9. The third-order valence-corrected chi connectivity index (χ3v) is 12.1. The van der Waals surface area contributed by atoms with Gasteiger partial charge in [0.1, 0.15) is 11.2 Å². The summed E-state index contributed by atoms with van der Waals surface area (Å²) in [6.07, 6.45) is 0. The molecule has 0 fully saturated rings. The molecule has 3 nitrogen and oxygen atoms in total. The van der Waals surface area contributed by atoms with Crippen molar-refractivity contribution in [2.24, 2.45) is 0 Å². The Morgan fingerprint density at radius 3 is 1.68 bits per heavy atom. The van der Waals surface area contributed by atoms with Gasteiger partial charge in [-0.25, -0.2) is 0 Å². The van der Waals surface area contributed by atoms with E-state index in [9.17, 15) is 0 Å². The summed E-state index contributed by atoms with van der Waals surface area (Å²) in [5, 5.41) is 4.66. The molecule has 11 aromatic rings. The van der Waals surface area contributed by atoms with Crippen LogP contribution in [-0.2, 0) is 0 Å². The van der Waals surface area contributed by atoms with Crippen LogP contribution in [0, 0.1) is 20.8 Å². The molecule has 0 saturated carbocycles. The van der Waals surface area contributed by atoms with Crippen LogP contribution in [0.1, 0.15) is 16.7 Å². The monoisotopic (exact) mass is 770 g/mol. The summed E-state index contributed by atoms with van der Waals surface area (Å²) >= 11 is 0. The number of nitrogens with zero attached hydrogens (tertiary/aromatic N) is 2. The van der Waals surface area contributed by atoms with Crippen molar-refractivity contribution in [2.75, 3.05) is 4.90 Å². The first kappa shape index (κ1) is 35.5. The topological polar surface area (TPSA) is 21.3 Å². The van der Waals surface area contributed by atoms with Crippen LogP contribution < -0.4 is 4.90 Å². The van der Waals surface area contributed by atoms with Crippen LogP contribution in [0.2, 0.25) is 0 Å². The van der Waals surface area contributed by atoms with Crippen molar-refractivity contribution >= 4 is 60.8 Å². The number of rotatable bonds is 7. The Morgan fingerprint density at radius 1 is 0.383 bits per heavy atom. The van der Waals surface area contributed by atoms with E-state index in [0.29, 0.717) is 0 Å². The van der Waals surface area contributed by atoms with Crippen molar-refractivity contribution in [1.82, 2.24) is 4.57 Å². The van der Waals surface area contributed by atoms with Crippen molar-refractivity contribution in [3.8, 4) is 39.1 Å². The summed E-state index contributed by atoms with van der Waals surface area (Å²) in [5.41, 5.74) is 19.2. The molecule has 3 heteroatoms. The minimum absolute atomic E-state index is 0.873. The van der Waals surface area contributed by atoms with Crippen molar-refractivity contribution < 1.29 is 4.42 Å². The Bertz CT molecular complexity index is 3360. The quantitative estimate of drug-likeness (QED) is 0.161. The molecule has 2 aromatic heterocycles. The molecule has 286 valence electrons. The van der Waals surface area contributed by atoms with Gasteiger partial charge in [0.15, 0.2) is 0 Å². The highest BCUT2D eigenvalue weighted by atomic mass is 16.3. The predicted octanol–water partition coefficient (Wildman–Crippen LogP) is 16.1. The third-order valence-electron chi connectivity index (χ3n) is 12.1. The summed E-state index contributed by atoms with van der Waals surface area (Å²) < 4.78 is 9.21. The second-order valence-electron chi connectivity index (χ2n) is 15.9. The second kappa shape index (κ2) is 14.3. The van der Waals surface area contributed by atoms with Crippen LogP contribution >= 0.6 is 0 Å². The van der Waals surface area contributed by atoms with E-state index in [-0.39, 0.29) is 0 Å². The molecule has 11 rings (SSSR count). The van der Waals surface area contributed by atoms with Crippen LogP contribution in [0.25, 0.3) is 82.8 Å². The highest BCUT2D eigenvalue weighted by molar-refractivity contribution is 6.12. The highest BCUT2D eigenvalue weighted by Gasteiger charge is 2.23. The SMILES string of the molecule is Cc1cc(N(c2cc(-c3cccc(-n4c5ccccc5c5ccccc54)c3)c3oc4ccccc4c3c2)c2cc(C)c(-c3ccccc3)cc2C)ccc1-c1ccccc1. The van der Waals surface area contributed by atoms with Gasteiger partial charge in [0, 0.05) is 49.9 Å². The van der Waals surface area contributed by atoms with Gasteiger partial charge in [0.05, 0.1) is 11.0 Å². The molecular formula is C57H42N2O. The molecule has 0 spiro atoms. The molecule has 0 amide bonds. The maximum atomic E-state index is 6.82. The Labute approximate surface area is 350 Å². The second-order valence-corrected chi connectivity index (χ2v) is 15.9. The number of hydrogen-bond donors (Lipinski definition) is 0. The molecule has 0 N–H and O–H groups in total. The average molecular weight is 771 g/mol. The highest BCUT2D eigenvalue weighted by Crippen LogP contribution is 2.46. The van der Waals surface area contributed by atoms with E-state index in [4.69, 9.17) is 4.42 Å². The first-order valence-corrected chi connectivity index (χ1v) is 20.7. The third kappa shape index (κ3) is 5.89. The van der Waals surface area contributed by atoms with E-state index >= 15 is 0 Å². The maximum Gasteiger partial charge on any atom is 0.143 e. The Balaban J connectivity index is 1.16. The Hall–Kier alpha value is -7.62. The molecule has 60 heavy (non-hydrogen) atoms. The molecule has 0 saturated heterocycles. The van der Waals surface area contributed by atoms with Gasteiger partial charge in [0.25, 0.3) is 0 Å². The number of para-hydroxylation sites is 3. The lowest BCUT2D eigenvalue weighted by Gasteiger charge is -2.29. The van der Waals surface area contributed by atoms with Crippen LogP contribution in [0.4, 0.5) is 17.1 Å². The first-order valence-electron chi connectivity index (χ1n) is 20.7. The molecule has 0 aliphatic rings. The summed E-state index contributed by atoms with van der Waals surface area (Å²) in [5.74, 6) is 0. The van der Waals surface area contributed by atoms with E-state index in [1.165, 1.54) is 60.8 Å². The number of aryl methyl sites for hydroxylation is 3. The van der Waals surface area contributed by atoms with Gasteiger partial charge in [-0.2, -0.15) is 0 Å².